The van der Waals surface area contributed by atoms with Gasteiger partial charge in [0, 0.05) is 35.5 Å². The normalized spacial score (nSPS) is 19.3. The number of nitrogens with zero attached hydrogens (tertiary/aromatic N) is 1. The Hall–Kier alpha value is -2.60. The number of primary amides is 1. The maximum absolute atomic E-state index is 13.1. The Morgan fingerprint density at radius 2 is 1.96 bits per heavy atom. The first-order chi connectivity index (χ1) is 13.4. The Kier molecular flexibility index (Phi) is 6.19. The van der Waals surface area contributed by atoms with Crippen LogP contribution in [0, 0.1) is 11.2 Å². The van der Waals surface area contributed by atoms with Crippen LogP contribution in [0.4, 0.5) is 4.39 Å². The highest BCUT2D eigenvalue weighted by atomic mass is 35.5. The van der Waals surface area contributed by atoms with Crippen LogP contribution >= 0.6 is 11.6 Å². The molecule has 2 amide bonds. The zero-order valence-corrected chi connectivity index (χ0v) is 16.1. The molecule has 1 atom stereocenters. The van der Waals surface area contributed by atoms with Crippen molar-refractivity contribution in [3.05, 3.63) is 64.9 Å². The maximum Gasteiger partial charge on any atom is 0.253 e. The molecule has 28 heavy (non-hydrogen) atoms. The van der Waals surface area contributed by atoms with Gasteiger partial charge in [-0.3, -0.25) is 9.59 Å². The topological polar surface area (TPSA) is 72.6 Å². The summed E-state index contributed by atoms with van der Waals surface area (Å²) in [7, 11) is 0. The highest BCUT2D eigenvalue weighted by Gasteiger charge is 2.39. The Balaban J connectivity index is 1.76. The average molecular weight is 405 g/mol. The van der Waals surface area contributed by atoms with E-state index < -0.39 is 17.1 Å². The molecule has 1 heterocycles. The van der Waals surface area contributed by atoms with Crippen LogP contribution in [0.1, 0.15) is 29.6 Å². The molecule has 0 radical (unpaired) electrons. The summed E-state index contributed by atoms with van der Waals surface area (Å²) in [5, 5.41) is 0.554. The molecule has 2 aromatic carbocycles. The fourth-order valence-corrected chi connectivity index (χ4v) is 3.81. The second-order valence-corrected chi connectivity index (χ2v) is 7.66. The molecule has 0 bridgehead atoms. The van der Waals surface area contributed by atoms with Gasteiger partial charge in [-0.2, -0.15) is 0 Å². The minimum absolute atomic E-state index is 0.112. The van der Waals surface area contributed by atoms with Crippen molar-refractivity contribution in [3.63, 3.8) is 0 Å². The van der Waals surface area contributed by atoms with Gasteiger partial charge >= 0.3 is 0 Å². The van der Waals surface area contributed by atoms with E-state index in [0.717, 1.165) is 6.42 Å². The molecule has 148 valence electrons. The molecule has 0 saturated carbocycles. The van der Waals surface area contributed by atoms with Crippen LogP contribution in [0.15, 0.2) is 48.5 Å². The summed E-state index contributed by atoms with van der Waals surface area (Å²) in [6.07, 6.45) is 1.55. The van der Waals surface area contributed by atoms with Gasteiger partial charge in [0.05, 0.1) is 6.61 Å². The summed E-state index contributed by atoms with van der Waals surface area (Å²) in [6.45, 7) is 1.14. The number of halogens is 2. The van der Waals surface area contributed by atoms with Crippen molar-refractivity contribution in [2.24, 2.45) is 11.1 Å². The number of ether oxygens (including phenoxy) is 1. The van der Waals surface area contributed by atoms with Crippen LogP contribution in [0.3, 0.4) is 0 Å². The molecule has 1 aliphatic rings. The Labute approximate surface area is 168 Å². The second-order valence-electron chi connectivity index (χ2n) is 7.23. The molecule has 1 unspecified atom stereocenters. The number of likely N-dealkylation sites (tertiary alicyclic amines) is 1. The second kappa shape index (κ2) is 8.61. The zero-order chi connectivity index (χ0) is 20.1. The lowest BCUT2D eigenvalue weighted by atomic mass is 9.77. The number of amides is 2. The number of rotatable bonds is 6. The lowest BCUT2D eigenvalue weighted by Gasteiger charge is -2.42. The van der Waals surface area contributed by atoms with Crippen molar-refractivity contribution in [1.29, 1.82) is 0 Å². The third kappa shape index (κ3) is 5.01. The Morgan fingerprint density at radius 3 is 2.64 bits per heavy atom. The standard InChI is InChI=1S/C21H22ClFN2O3/c22-16-3-1-4-18(11-16)28-14-21(12-19(24)26)9-2-10-25(13-21)20(27)15-5-7-17(23)8-6-15/h1,3-8,11H,2,9-10,12-14H2,(H2,24,26). The molecular weight excluding hydrogens is 383 g/mol. The Morgan fingerprint density at radius 1 is 1.21 bits per heavy atom. The van der Waals surface area contributed by atoms with Gasteiger partial charge in [0.1, 0.15) is 11.6 Å². The third-order valence-corrected chi connectivity index (χ3v) is 5.17. The summed E-state index contributed by atoms with van der Waals surface area (Å²) < 4.78 is 19.0. The molecule has 2 aromatic rings. The van der Waals surface area contributed by atoms with Gasteiger partial charge in [-0.05, 0) is 55.3 Å². The van der Waals surface area contributed by atoms with Crippen molar-refractivity contribution in [1.82, 2.24) is 4.90 Å². The number of piperidine rings is 1. The SMILES string of the molecule is NC(=O)CC1(COc2cccc(Cl)c2)CCCN(C(=O)c2ccc(F)cc2)C1. The number of hydrogen-bond acceptors (Lipinski definition) is 3. The average Bonchev–Trinajstić information content (AvgIpc) is 2.66. The summed E-state index contributed by atoms with van der Waals surface area (Å²) in [6, 6.07) is 12.5. The fourth-order valence-electron chi connectivity index (χ4n) is 3.63. The van der Waals surface area contributed by atoms with Gasteiger partial charge < -0.3 is 15.4 Å². The van der Waals surface area contributed by atoms with E-state index in [2.05, 4.69) is 0 Å². The molecule has 5 nitrogen and oxygen atoms in total. The van der Waals surface area contributed by atoms with Gasteiger partial charge in [0.25, 0.3) is 5.91 Å². The van der Waals surface area contributed by atoms with Crippen molar-refractivity contribution >= 4 is 23.4 Å². The van der Waals surface area contributed by atoms with E-state index in [9.17, 15) is 14.0 Å². The van der Waals surface area contributed by atoms with E-state index in [1.807, 2.05) is 0 Å². The highest BCUT2D eigenvalue weighted by molar-refractivity contribution is 6.30. The molecule has 1 saturated heterocycles. The van der Waals surface area contributed by atoms with Crippen LogP contribution in [0.25, 0.3) is 0 Å². The van der Waals surface area contributed by atoms with Crippen LogP contribution < -0.4 is 10.5 Å². The van der Waals surface area contributed by atoms with E-state index in [-0.39, 0.29) is 18.9 Å². The summed E-state index contributed by atoms with van der Waals surface area (Å²) in [5.74, 6) is -0.436. The van der Waals surface area contributed by atoms with Gasteiger partial charge in [-0.15, -0.1) is 0 Å². The first-order valence-corrected chi connectivity index (χ1v) is 9.46. The minimum atomic E-state index is -0.581. The number of carbonyl (C=O) groups excluding carboxylic acids is 2. The van der Waals surface area contributed by atoms with Gasteiger partial charge in [-0.25, -0.2) is 4.39 Å². The predicted molar refractivity (Wildman–Crippen MR) is 105 cm³/mol. The minimum Gasteiger partial charge on any atom is -0.493 e. The van der Waals surface area contributed by atoms with E-state index in [0.29, 0.717) is 35.8 Å². The molecule has 3 rings (SSSR count). The Bertz CT molecular complexity index is 859. The predicted octanol–water partition coefficient (Wildman–Crippen LogP) is 3.66. The van der Waals surface area contributed by atoms with Crippen molar-refractivity contribution < 1.29 is 18.7 Å². The van der Waals surface area contributed by atoms with E-state index >= 15 is 0 Å². The van der Waals surface area contributed by atoms with Crippen LogP contribution in [-0.4, -0.2) is 36.4 Å². The summed E-state index contributed by atoms with van der Waals surface area (Å²) in [4.78, 5) is 26.2. The smallest absolute Gasteiger partial charge is 0.253 e. The van der Waals surface area contributed by atoms with E-state index in [1.54, 1.807) is 29.2 Å². The van der Waals surface area contributed by atoms with Crippen LogP contribution in [0.5, 0.6) is 5.75 Å². The number of benzene rings is 2. The van der Waals surface area contributed by atoms with Gasteiger partial charge in [-0.1, -0.05) is 17.7 Å². The van der Waals surface area contributed by atoms with E-state index in [4.69, 9.17) is 22.1 Å². The molecule has 1 aliphatic heterocycles. The molecule has 0 aliphatic carbocycles. The van der Waals surface area contributed by atoms with E-state index in [1.165, 1.54) is 24.3 Å². The quantitative estimate of drug-likeness (QED) is 0.798. The maximum atomic E-state index is 13.1. The molecule has 0 aromatic heterocycles. The molecule has 0 spiro atoms. The van der Waals surface area contributed by atoms with Crippen LogP contribution in [-0.2, 0) is 4.79 Å². The third-order valence-electron chi connectivity index (χ3n) is 4.93. The number of hydrogen-bond donors (Lipinski definition) is 1. The summed E-state index contributed by atoms with van der Waals surface area (Å²) in [5.41, 5.74) is 5.32. The lowest BCUT2D eigenvalue weighted by Crippen LogP contribution is -2.50. The molecule has 2 N–H and O–H groups in total. The van der Waals surface area contributed by atoms with Crippen LogP contribution in [0.2, 0.25) is 5.02 Å². The molecular formula is C21H22ClFN2O3. The first-order valence-electron chi connectivity index (χ1n) is 9.08. The van der Waals surface area contributed by atoms with Gasteiger partial charge in [0.15, 0.2) is 0 Å². The van der Waals surface area contributed by atoms with Gasteiger partial charge in [0.2, 0.25) is 5.91 Å². The van der Waals surface area contributed by atoms with Crippen molar-refractivity contribution in [3.8, 4) is 5.75 Å². The number of carbonyl (C=O) groups is 2. The van der Waals surface area contributed by atoms with Crippen molar-refractivity contribution in [2.45, 2.75) is 19.3 Å². The number of nitrogens with two attached hydrogens (primary N) is 1. The molecule has 7 heteroatoms. The first kappa shape index (κ1) is 20.1. The zero-order valence-electron chi connectivity index (χ0n) is 15.4. The monoisotopic (exact) mass is 404 g/mol. The lowest BCUT2D eigenvalue weighted by molar-refractivity contribution is -0.122. The fraction of sp³-hybridized carbons (Fsp3) is 0.333. The largest absolute Gasteiger partial charge is 0.493 e. The molecule has 1 fully saturated rings. The highest BCUT2D eigenvalue weighted by Crippen LogP contribution is 2.35. The summed E-state index contributed by atoms with van der Waals surface area (Å²) >= 11 is 6.00. The van der Waals surface area contributed by atoms with Crippen molar-refractivity contribution in [2.75, 3.05) is 19.7 Å².